The molecule has 0 spiro atoms. The van der Waals surface area contributed by atoms with Crippen molar-refractivity contribution in [1.29, 1.82) is 0 Å². The second kappa shape index (κ2) is 10.2. The molecule has 9 heteroatoms. The predicted molar refractivity (Wildman–Crippen MR) is 110 cm³/mol. The summed E-state index contributed by atoms with van der Waals surface area (Å²) >= 11 is 5.92. The molecule has 0 radical (unpaired) electrons. The van der Waals surface area contributed by atoms with E-state index in [1.54, 1.807) is 12.1 Å². The second-order valence-corrected chi connectivity index (χ2v) is 7.30. The van der Waals surface area contributed by atoms with Crippen molar-refractivity contribution < 1.29 is 14.4 Å². The molecule has 1 aromatic carbocycles. The summed E-state index contributed by atoms with van der Waals surface area (Å²) in [6.07, 6.45) is 1.87. The van der Waals surface area contributed by atoms with Gasteiger partial charge < -0.3 is 9.63 Å². The molecular weight excluding hydrogens is 403 g/mol. The van der Waals surface area contributed by atoms with Crippen LogP contribution in [0.15, 0.2) is 28.8 Å². The van der Waals surface area contributed by atoms with Crippen molar-refractivity contribution in [1.82, 2.24) is 19.9 Å². The topological polar surface area (TPSA) is 82.7 Å². The van der Waals surface area contributed by atoms with Gasteiger partial charge in [0.1, 0.15) is 0 Å². The SMILES string of the molecule is CCN(CC(=O)O)C1CCN(C(C)c2nc(-c3ccc(Cl)cc3)no2)CC1.Cl. The van der Waals surface area contributed by atoms with Gasteiger partial charge >= 0.3 is 5.97 Å². The van der Waals surface area contributed by atoms with E-state index >= 15 is 0 Å². The van der Waals surface area contributed by atoms with Gasteiger partial charge in [0.05, 0.1) is 12.6 Å². The minimum Gasteiger partial charge on any atom is -0.480 e. The van der Waals surface area contributed by atoms with Crippen LogP contribution in [-0.2, 0) is 4.79 Å². The number of benzene rings is 1. The molecule has 0 amide bonds. The average molecular weight is 429 g/mol. The van der Waals surface area contributed by atoms with Gasteiger partial charge in [-0.3, -0.25) is 14.6 Å². The summed E-state index contributed by atoms with van der Waals surface area (Å²) in [5.74, 6) is 0.381. The number of carbonyl (C=O) groups is 1. The molecule has 1 fully saturated rings. The van der Waals surface area contributed by atoms with Crippen LogP contribution < -0.4 is 0 Å². The third-order valence-corrected chi connectivity index (χ3v) is 5.46. The van der Waals surface area contributed by atoms with Crippen molar-refractivity contribution >= 4 is 30.0 Å². The van der Waals surface area contributed by atoms with Gasteiger partial charge in [0.25, 0.3) is 0 Å². The van der Waals surface area contributed by atoms with Crippen molar-refractivity contribution in [3.63, 3.8) is 0 Å². The van der Waals surface area contributed by atoms with E-state index in [2.05, 4.69) is 22.0 Å². The number of rotatable bonds is 7. The van der Waals surface area contributed by atoms with Gasteiger partial charge in [-0.2, -0.15) is 4.98 Å². The quantitative estimate of drug-likeness (QED) is 0.718. The first-order valence-corrected chi connectivity index (χ1v) is 9.65. The van der Waals surface area contributed by atoms with Gasteiger partial charge in [-0.15, -0.1) is 12.4 Å². The summed E-state index contributed by atoms with van der Waals surface area (Å²) in [7, 11) is 0. The molecule has 1 saturated heterocycles. The molecule has 1 atom stereocenters. The standard InChI is InChI=1S/C19H25ClN4O3.ClH/c1-3-23(12-17(25)26)16-8-10-24(11-9-16)13(2)19-21-18(22-27-19)14-4-6-15(20)7-5-14;/h4-7,13,16H,3,8-12H2,1-2H3,(H,25,26);1H. The molecule has 1 N–H and O–H groups in total. The highest BCUT2D eigenvalue weighted by molar-refractivity contribution is 6.30. The minimum absolute atomic E-state index is 0. The molecule has 2 aromatic rings. The summed E-state index contributed by atoms with van der Waals surface area (Å²) < 4.78 is 5.49. The monoisotopic (exact) mass is 428 g/mol. The number of aromatic nitrogens is 2. The Labute approximate surface area is 176 Å². The Hall–Kier alpha value is -1.67. The number of hydrogen-bond acceptors (Lipinski definition) is 6. The zero-order valence-electron chi connectivity index (χ0n) is 16.0. The number of aliphatic carboxylic acids is 1. The maximum atomic E-state index is 11.0. The van der Waals surface area contributed by atoms with E-state index in [1.165, 1.54) is 0 Å². The second-order valence-electron chi connectivity index (χ2n) is 6.86. The lowest BCUT2D eigenvalue weighted by Crippen LogP contribution is -2.47. The molecule has 154 valence electrons. The van der Waals surface area contributed by atoms with Crippen LogP contribution in [0.25, 0.3) is 11.4 Å². The van der Waals surface area contributed by atoms with Crippen LogP contribution in [0.4, 0.5) is 0 Å². The maximum absolute atomic E-state index is 11.0. The van der Waals surface area contributed by atoms with Crippen molar-refractivity contribution in [3.8, 4) is 11.4 Å². The number of hydrogen-bond donors (Lipinski definition) is 1. The molecule has 28 heavy (non-hydrogen) atoms. The van der Waals surface area contributed by atoms with E-state index in [0.29, 0.717) is 22.8 Å². The number of carboxylic acid groups (broad SMARTS) is 1. The first kappa shape index (κ1) is 22.6. The first-order chi connectivity index (χ1) is 13.0. The van der Waals surface area contributed by atoms with Crippen LogP contribution in [-0.4, -0.2) is 63.2 Å². The Balaban J connectivity index is 0.00000280. The molecule has 1 aliphatic rings. The lowest BCUT2D eigenvalue weighted by Gasteiger charge is -2.39. The molecule has 1 unspecified atom stereocenters. The molecule has 0 bridgehead atoms. The van der Waals surface area contributed by atoms with E-state index in [9.17, 15) is 4.79 Å². The molecule has 1 aliphatic heterocycles. The zero-order valence-corrected chi connectivity index (χ0v) is 17.6. The fourth-order valence-electron chi connectivity index (χ4n) is 3.59. The fourth-order valence-corrected chi connectivity index (χ4v) is 3.71. The van der Waals surface area contributed by atoms with Crippen LogP contribution in [0.5, 0.6) is 0 Å². The van der Waals surface area contributed by atoms with Crippen LogP contribution >= 0.6 is 24.0 Å². The van der Waals surface area contributed by atoms with E-state index in [1.807, 2.05) is 24.0 Å². The number of halogens is 2. The molecule has 1 aromatic heterocycles. The summed E-state index contributed by atoms with van der Waals surface area (Å²) in [4.78, 5) is 19.9. The van der Waals surface area contributed by atoms with Crippen LogP contribution in [0.3, 0.4) is 0 Å². The summed E-state index contributed by atoms with van der Waals surface area (Å²) in [6, 6.07) is 7.68. The summed E-state index contributed by atoms with van der Waals surface area (Å²) in [6.45, 7) is 6.68. The van der Waals surface area contributed by atoms with Crippen molar-refractivity contribution in [3.05, 3.63) is 35.2 Å². The Bertz CT molecular complexity index is 761. The molecule has 0 saturated carbocycles. The Morgan fingerprint density at radius 3 is 2.57 bits per heavy atom. The molecular formula is C19H26Cl2N4O3. The van der Waals surface area contributed by atoms with E-state index in [4.69, 9.17) is 21.2 Å². The van der Waals surface area contributed by atoms with Gasteiger partial charge in [0.15, 0.2) is 0 Å². The minimum atomic E-state index is -0.770. The smallest absolute Gasteiger partial charge is 0.317 e. The largest absolute Gasteiger partial charge is 0.480 e. The summed E-state index contributed by atoms with van der Waals surface area (Å²) in [5, 5.41) is 13.8. The lowest BCUT2D eigenvalue weighted by atomic mass is 10.0. The predicted octanol–water partition coefficient (Wildman–Crippen LogP) is 3.74. The van der Waals surface area contributed by atoms with Gasteiger partial charge in [-0.05, 0) is 50.6 Å². The molecule has 0 aliphatic carbocycles. The molecule has 2 heterocycles. The van der Waals surface area contributed by atoms with E-state index in [-0.39, 0.29) is 25.0 Å². The highest BCUT2D eigenvalue weighted by Crippen LogP contribution is 2.27. The van der Waals surface area contributed by atoms with Crippen LogP contribution in [0.1, 0.15) is 38.6 Å². The average Bonchev–Trinajstić information content (AvgIpc) is 3.16. The number of likely N-dealkylation sites (N-methyl/N-ethyl adjacent to an activating group) is 1. The molecule has 3 rings (SSSR count). The highest BCUT2D eigenvalue weighted by Gasteiger charge is 2.29. The summed E-state index contributed by atoms with van der Waals surface area (Å²) in [5.41, 5.74) is 0.868. The third-order valence-electron chi connectivity index (χ3n) is 5.21. The van der Waals surface area contributed by atoms with E-state index in [0.717, 1.165) is 38.0 Å². The van der Waals surface area contributed by atoms with Gasteiger partial charge in [0, 0.05) is 29.7 Å². The fraction of sp³-hybridized carbons (Fsp3) is 0.526. The Morgan fingerprint density at radius 1 is 1.36 bits per heavy atom. The number of likely N-dealkylation sites (tertiary alicyclic amines) is 1. The number of nitrogens with zero attached hydrogens (tertiary/aromatic N) is 4. The van der Waals surface area contributed by atoms with Crippen molar-refractivity contribution in [2.75, 3.05) is 26.2 Å². The zero-order chi connectivity index (χ0) is 19.4. The Kier molecular flexibility index (Phi) is 8.24. The van der Waals surface area contributed by atoms with Gasteiger partial charge in [-0.25, -0.2) is 0 Å². The van der Waals surface area contributed by atoms with Crippen LogP contribution in [0.2, 0.25) is 5.02 Å². The lowest BCUT2D eigenvalue weighted by molar-refractivity contribution is -0.139. The highest BCUT2D eigenvalue weighted by atomic mass is 35.5. The van der Waals surface area contributed by atoms with E-state index < -0.39 is 5.97 Å². The first-order valence-electron chi connectivity index (χ1n) is 9.27. The maximum Gasteiger partial charge on any atom is 0.317 e. The van der Waals surface area contributed by atoms with Crippen molar-refractivity contribution in [2.24, 2.45) is 0 Å². The third kappa shape index (κ3) is 5.44. The van der Waals surface area contributed by atoms with Crippen LogP contribution in [0, 0.1) is 0 Å². The van der Waals surface area contributed by atoms with Gasteiger partial charge in [0.2, 0.25) is 11.7 Å². The Morgan fingerprint density at radius 2 is 2.00 bits per heavy atom. The van der Waals surface area contributed by atoms with Gasteiger partial charge in [-0.1, -0.05) is 23.7 Å². The van der Waals surface area contributed by atoms with Crippen molar-refractivity contribution in [2.45, 2.75) is 38.8 Å². The normalized spacial score (nSPS) is 16.7. The number of carboxylic acids is 1. The molecule has 7 nitrogen and oxygen atoms in total. The number of piperidine rings is 1.